The highest BCUT2D eigenvalue weighted by molar-refractivity contribution is 8.00. The lowest BCUT2D eigenvalue weighted by atomic mass is 10.3. The van der Waals surface area contributed by atoms with Gasteiger partial charge in [0, 0.05) is 13.1 Å². The molecule has 0 unspecified atom stereocenters. The van der Waals surface area contributed by atoms with E-state index in [-0.39, 0.29) is 6.61 Å². The molecule has 5 nitrogen and oxygen atoms in total. The van der Waals surface area contributed by atoms with Crippen molar-refractivity contribution < 1.29 is 5.11 Å². The molecule has 8 heteroatoms. The Labute approximate surface area is 134 Å². The number of hydrogen-bond donors (Lipinski definition) is 1. The van der Waals surface area contributed by atoms with Crippen LogP contribution in [0.15, 0.2) is 27.5 Å². The maximum Gasteiger partial charge on any atom is 0.176 e. The van der Waals surface area contributed by atoms with Gasteiger partial charge in [-0.1, -0.05) is 11.8 Å². The van der Waals surface area contributed by atoms with Crippen molar-refractivity contribution in [2.75, 3.05) is 24.3 Å². The van der Waals surface area contributed by atoms with Crippen molar-refractivity contribution in [3.05, 3.63) is 28.7 Å². The summed E-state index contributed by atoms with van der Waals surface area (Å²) in [6, 6.07) is 2.09. The number of hydrogen-bond acceptors (Lipinski definition) is 8. The van der Waals surface area contributed by atoms with Gasteiger partial charge in [0.1, 0.15) is 11.0 Å². The maximum absolute atomic E-state index is 9.35. The molecule has 0 atom stereocenters. The highest BCUT2D eigenvalue weighted by Gasteiger charge is 2.16. The second kappa shape index (κ2) is 6.69. The van der Waals surface area contributed by atoms with Crippen LogP contribution in [0.2, 0.25) is 0 Å². The molecule has 0 aliphatic heterocycles. The molecule has 3 rings (SSSR count). The number of aromatic nitrogens is 3. The molecule has 0 fully saturated rings. The smallest absolute Gasteiger partial charge is 0.176 e. The van der Waals surface area contributed by atoms with Gasteiger partial charge < -0.3 is 10.0 Å². The molecule has 0 radical (unpaired) electrons. The molecule has 0 aromatic carbocycles. The Bertz CT molecular complexity index is 713. The minimum absolute atomic E-state index is 0.0871. The number of thioether (sulfide) groups is 1. The van der Waals surface area contributed by atoms with Crippen LogP contribution < -0.4 is 4.90 Å². The Morgan fingerprint density at radius 2 is 2.29 bits per heavy atom. The first kappa shape index (κ1) is 14.7. The largest absolute Gasteiger partial charge is 0.395 e. The molecule has 0 aliphatic carbocycles. The summed E-state index contributed by atoms with van der Waals surface area (Å²) in [5.41, 5.74) is 1.94. The average molecular weight is 338 g/mol. The van der Waals surface area contributed by atoms with E-state index in [1.807, 2.05) is 6.26 Å². The molecular weight excluding hydrogens is 324 g/mol. The molecule has 0 aliphatic rings. The number of aliphatic hydroxyl groups is 1. The zero-order chi connectivity index (χ0) is 14.7. The predicted molar refractivity (Wildman–Crippen MR) is 89.4 cm³/mol. The van der Waals surface area contributed by atoms with Crippen LogP contribution in [0, 0.1) is 0 Å². The molecule has 3 aromatic heterocycles. The van der Waals surface area contributed by atoms with E-state index in [1.54, 1.807) is 40.8 Å². The second-order valence-corrected chi connectivity index (χ2v) is 7.14. The molecule has 0 bridgehead atoms. The van der Waals surface area contributed by atoms with E-state index in [9.17, 15) is 5.11 Å². The van der Waals surface area contributed by atoms with Crippen molar-refractivity contribution in [3.8, 4) is 0 Å². The van der Waals surface area contributed by atoms with Crippen LogP contribution in [-0.4, -0.2) is 39.5 Å². The van der Waals surface area contributed by atoms with Crippen molar-refractivity contribution in [2.45, 2.75) is 10.9 Å². The van der Waals surface area contributed by atoms with Crippen LogP contribution >= 0.6 is 34.4 Å². The lowest BCUT2D eigenvalue weighted by Crippen LogP contribution is -2.26. The normalized spacial score (nSPS) is 11.1. The Balaban J connectivity index is 1.99. The standard InChI is InChI=1S/C13H14N4OS3/c1-19-13-16-11-10(21-13)12(15-8-14-11)17(3-4-18)6-9-2-5-20-7-9/h2,5,7-8,18H,3-4,6H2,1H3. The maximum atomic E-state index is 9.35. The fourth-order valence-electron chi connectivity index (χ4n) is 2.02. The van der Waals surface area contributed by atoms with Gasteiger partial charge in [-0.3, -0.25) is 0 Å². The number of nitrogens with zero attached hydrogens (tertiary/aromatic N) is 4. The molecule has 1 N–H and O–H groups in total. The number of anilines is 1. The third-order valence-corrected chi connectivity index (χ3v) is 5.71. The molecule has 0 spiro atoms. The van der Waals surface area contributed by atoms with E-state index < -0.39 is 0 Å². The molecule has 3 heterocycles. The van der Waals surface area contributed by atoms with Crippen molar-refractivity contribution >= 4 is 50.6 Å². The number of rotatable bonds is 6. The first-order valence-corrected chi connectivity index (χ1v) is 9.32. The van der Waals surface area contributed by atoms with Crippen LogP contribution in [0.5, 0.6) is 0 Å². The second-order valence-electron chi connectivity index (χ2n) is 4.31. The topological polar surface area (TPSA) is 62.1 Å². The van der Waals surface area contributed by atoms with Gasteiger partial charge in [0.05, 0.1) is 6.61 Å². The highest BCUT2D eigenvalue weighted by atomic mass is 32.2. The minimum atomic E-state index is 0.0871. The SMILES string of the molecule is CSc1nc2ncnc(N(CCO)Cc3ccsc3)c2s1. The first-order valence-electron chi connectivity index (χ1n) is 6.34. The van der Waals surface area contributed by atoms with Gasteiger partial charge >= 0.3 is 0 Å². The summed E-state index contributed by atoms with van der Waals surface area (Å²) in [5.74, 6) is 0.845. The third kappa shape index (κ3) is 3.18. The summed E-state index contributed by atoms with van der Waals surface area (Å²) in [6.07, 6.45) is 3.54. The Kier molecular flexibility index (Phi) is 4.69. The molecule has 21 heavy (non-hydrogen) atoms. The fraction of sp³-hybridized carbons (Fsp3) is 0.308. The molecular formula is C13H14N4OS3. The summed E-state index contributed by atoms with van der Waals surface area (Å²) in [5, 5.41) is 13.5. The minimum Gasteiger partial charge on any atom is -0.395 e. The molecule has 0 saturated carbocycles. The van der Waals surface area contributed by atoms with E-state index in [0.717, 1.165) is 27.0 Å². The van der Waals surface area contributed by atoms with Gasteiger partial charge in [-0.25, -0.2) is 15.0 Å². The first-order chi connectivity index (χ1) is 10.3. The van der Waals surface area contributed by atoms with Gasteiger partial charge in [0.2, 0.25) is 0 Å². The third-order valence-electron chi connectivity index (χ3n) is 2.95. The van der Waals surface area contributed by atoms with E-state index in [0.29, 0.717) is 6.54 Å². The quantitative estimate of drug-likeness (QED) is 0.697. The van der Waals surface area contributed by atoms with Crippen molar-refractivity contribution in [1.82, 2.24) is 15.0 Å². The Hall–Kier alpha value is -1.22. The van der Waals surface area contributed by atoms with E-state index in [4.69, 9.17) is 0 Å². The Morgan fingerprint density at radius 1 is 1.38 bits per heavy atom. The zero-order valence-electron chi connectivity index (χ0n) is 11.4. The molecule has 0 amide bonds. The van der Waals surface area contributed by atoms with Gasteiger partial charge in [-0.05, 0) is 28.6 Å². The van der Waals surface area contributed by atoms with E-state index in [2.05, 4.69) is 36.7 Å². The zero-order valence-corrected chi connectivity index (χ0v) is 13.8. The molecule has 0 saturated heterocycles. The van der Waals surface area contributed by atoms with Crippen LogP contribution in [0.4, 0.5) is 5.82 Å². The summed E-state index contributed by atoms with van der Waals surface area (Å²) in [4.78, 5) is 15.2. The van der Waals surface area contributed by atoms with E-state index in [1.165, 1.54) is 5.56 Å². The number of thiazole rings is 1. The lowest BCUT2D eigenvalue weighted by molar-refractivity contribution is 0.301. The number of fused-ring (bicyclic) bond motifs is 1. The van der Waals surface area contributed by atoms with Crippen molar-refractivity contribution in [2.24, 2.45) is 0 Å². The Morgan fingerprint density at radius 3 is 3.00 bits per heavy atom. The van der Waals surface area contributed by atoms with Crippen LogP contribution in [-0.2, 0) is 6.54 Å². The monoisotopic (exact) mass is 338 g/mol. The van der Waals surface area contributed by atoms with Gasteiger partial charge in [-0.15, -0.1) is 11.3 Å². The highest BCUT2D eigenvalue weighted by Crippen LogP contribution is 2.33. The summed E-state index contributed by atoms with van der Waals surface area (Å²) in [7, 11) is 0. The number of thiophene rings is 1. The summed E-state index contributed by atoms with van der Waals surface area (Å²) >= 11 is 4.88. The predicted octanol–water partition coefficient (Wildman–Crippen LogP) is 2.87. The lowest BCUT2D eigenvalue weighted by Gasteiger charge is -2.22. The summed E-state index contributed by atoms with van der Waals surface area (Å²) in [6.45, 7) is 1.35. The van der Waals surface area contributed by atoms with Crippen LogP contribution in [0.3, 0.4) is 0 Å². The van der Waals surface area contributed by atoms with Gasteiger partial charge in [0.25, 0.3) is 0 Å². The summed E-state index contributed by atoms with van der Waals surface area (Å²) < 4.78 is 1.96. The van der Waals surface area contributed by atoms with Crippen molar-refractivity contribution in [1.29, 1.82) is 0 Å². The van der Waals surface area contributed by atoms with Crippen LogP contribution in [0.25, 0.3) is 10.3 Å². The van der Waals surface area contributed by atoms with Crippen molar-refractivity contribution in [3.63, 3.8) is 0 Å². The van der Waals surface area contributed by atoms with Crippen LogP contribution in [0.1, 0.15) is 5.56 Å². The average Bonchev–Trinajstić information content (AvgIpc) is 3.14. The fourth-order valence-corrected chi connectivity index (χ4v) is 4.21. The van der Waals surface area contributed by atoms with E-state index >= 15 is 0 Å². The van der Waals surface area contributed by atoms with Gasteiger partial charge in [-0.2, -0.15) is 11.3 Å². The molecule has 3 aromatic rings. The van der Waals surface area contributed by atoms with Gasteiger partial charge in [0.15, 0.2) is 15.8 Å². The molecule has 110 valence electrons. The number of aliphatic hydroxyl groups excluding tert-OH is 1.